The van der Waals surface area contributed by atoms with Gasteiger partial charge in [-0.1, -0.05) is 24.8 Å². The van der Waals surface area contributed by atoms with Gasteiger partial charge >= 0.3 is 0 Å². The maximum absolute atomic E-state index is 11.0. The smallest absolute Gasteiger partial charge is 0.221 e. The molecule has 0 radical (unpaired) electrons. The molecule has 0 bridgehead atoms. The molecule has 1 heterocycles. The van der Waals surface area contributed by atoms with Gasteiger partial charge in [-0.3, -0.25) is 9.79 Å². The predicted octanol–water partition coefficient (Wildman–Crippen LogP) is 2.94. The molecule has 18 heavy (non-hydrogen) atoms. The zero-order chi connectivity index (χ0) is 13.0. The van der Waals surface area contributed by atoms with Crippen LogP contribution in [0.2, 0.25) is 0 Å². The zero-order valence-electron chi connectivity index (χ0n) is 10.6. The number of hydrogen-bond acceptors (Lipinski definition) is 4. The Balaban J connectivity index is 2.03. The number of thioether (sulfide) groups is 1. The van der Waals surface area contributed by atoms with E-state index in [0.717, 1.165) is 28.7 Å². The van der Waals surface area contributed by atoms with Gasteiger partial charge < -0.3 is 10.6 Å². The molecule has 0 spiro atoms. The van der Waals surface area contributed by atoms with Crippen molar-refractivity contribution in [2.75, 3.05) is 16.4 Å². The average molecular weight is 263 g/mol. The van der Waals surface area contributed by atoms with Crippen molar-refractivity contribution in [1.29, 1.82) is 0 Å². The quantitative estimate of drug-likeness (QED) is 0.881. The highest BCUT2D eigenvalue weighted by Crippen LogP contribution is 2.23. The Bertz CT molecular complexity index is 473. The van der Waals surface area contributed by atoms with E-state index in [2.05, 4.69) is 22.5 Å². The summed E-state index contributed by atoms with van der Waals surface area (Å²) < 4.78 is 0. The number of aliphatic imine (C=N–C) groups is 1. The Kier molecular flexibility index (Phi) is 4.25. The summed E-state index contributed by atoms with van der Waals surface area (Å²) in [4.78, 5) is 15.6. The zero-order valence-corrected chi connectivity index (χ0v) is 11.4. The van der Waals surface area contributed by atoms with E-state index < -0.39 is 0 Å². The number of carbonyl (C=O) groups excluding carboxylic acids is 1. The van der Waals surface area contributed by atoms with Crippen molar-refractivity contribution in [3.05, 3.63) is 24.3 Å². The minimum absolute atomic E-state index is 0.0641. The van der Waals surface area contributed by atoms with Gasteiger partial charge in [-0.2, -0.15) is 0 Å². The Morgan fingerprint density at radius 2 is 2.28 bits per heavy atom. The van der Waals surface area contributed by atoms with Crippen molar-refractivity contribution in [1.82, 2.24) is 0 Å². The van der Waals surface area contributed by atoms with Gasteiger partial charge in [-0.15, -0.1) is 0 Å². The molecule has 96 valence electrons. The summed E-state index contributed by atoms with van der Waals surface area (Å²) in [5, 5.41) is 7.00. The largest absolute Gasteiger partial charge is 0.335 e. The third-order valence-electron chi connectivity index (χ3n) is 2.62. The van der Waals surface area contributed by atoms with Gasteiger partial charge in [0, 0.05) is 24.1 Å². The fraction of sp³-hybridized carbons (Fsp3) is 0.385. The Morgan fingerprint density at radius 1 is 1.50 bits per heavy atom. The molecule has 1 amide bonds. The van der Waals surface area contributed by atoms with E-state index in [9.17, 15) is 4.79 Å². The standard InChI is InChI=1S/C13H17N3OS/c1-3-10-8-18-13(15-10)16-12-6-4-5-11(7-12)14-9(2)17/h4-7,10H,3,8H2,1-2H3,(H,14,17)(H,15,16). The van der Waals surface area contributed by atoms with Crippen LogP contribution in [-0.2, 0) is 4.79 Å². The molecule has 1 aliphatic rings. The van der Waals surface area contributed by atoms with Gasteiger partial charge in [0.15, 0.2) is 5.17 Å². The van der Waals surface area contributed by atoms with E-state index in [0.29, 0.717) is 6.04 Å². The van der Waals surface area contributed by atoms with Crippen LogP contribution >= 0.6 is 11.8 Å². The summed E-state index contributed by atoms with van der Waals surface area (Å²) in [6.45, 7) is 3.65. The number of amides is 1. The average Bonchev–Trinajstić information content (AvgIpc) is 2.76. The lowest BCUT2D eigenvalue weighted by atomic mass is 10.2. The fourth-order valence-electron chi connectivity index (χ4n) is 1.69. The third kappa shape index (κ3) is 3.50. The number of amidine groups is 1. The molecule has 0 aliphatic carbocycles. The van der Waals surface area contributed by atoms with Crippen LogP contribution in [0.3, 0.4) is 0 Å². The second kappa shape index (κ2) is 5.91. The minimum atomic E-state index is -0.0641. The molecule has 4 nitrogen and oxygen atoms in total. The van der Waals surface area contributed by atoms with E-state index in [1.54, 1.807) is 11.8 Å². The molecule has 1 aromatic rings. The predicted molar refractivity (Wildman–Crippen MR) is 78.3 cm³/mol. The SMILES string of the molecule is CCC1CSC(Nc2cccc(NC(C)=O)c2)=N1. The first-order valence-electron chi connectivity index (χ1n) is 6.02. The second-order valence-corrected chi connectivity index (χ2v) is 5.20. The van der Waals surface area contributed by atoms with Crippen LogP contribution in [-0.4, -0.2) is 22.9 Å². The lowest BCUT2D eigenvalue weighted by molar-refractivity contribution is -0.114. The van der Waals surface area contributed by atoms with Crippen LogP contribution in [0.4, 0.5) is 11.4 Å². The Hall–Kier alpha value is -1.49. The van der Waals surface area contributed by atoms with E-state index in [-0.39, 0.29) is 5.91 Å². The number of nitrogens with one attached hydrogen (secondary N) is 2. The third-order valence-corrected chi connectivity index (χ3v) is 3.65. The molecule has 5 heteroatoms. The Morgan fingerprint density at radius 3 is 2.94 bits per heavy atom. The van der Waals surface area contributed by atoms with Crippen LogP contribution in [0, 0.1) is 0 Å². The lowest BCUT2D eigenvalue weighted by Gasteiger charge is -2.07. The van der Waals surface area contributed by atoms with Crippen molar-refractivity contribution in [3.63, 3.8) is 0 Å². The van der Waals surface area contributed by atoms with E-state index >= 15 is 0 Å². The fourth-order valence-corrected chi connectivity index (χ4v) is 2.77. The molecular formula is C13H17N3OS. The maximum atomic E-state index is 11.0. The molecule has 1 aromatic carbocycles. The first-order chi connectivity index (χ1) is 8.67. The van der Waals surface area contributed by atoms with Gasteiger partial charge in [0.05, 0.1) is 6.04 Å². The molecule has 0 aromatic heterocycles. The number of anilines is 2. The highest BCUT2D eigenvalue weighted by atomic mass is 32.2. The van der Waals surface area contributed by atoms with E-state index in [4.69, 9.17) is 0 Å². The summed E-state index contributed by atoms with van der Waals surface area (Å²) in [6, 6.07) is 8.07. The number of benzene rings is 1. The van der Waals surface area contributed by atoms with E-state index in [1.165, 1.54) is 6.92 Å². The maximum Gasteiger partial charge on any atom is 0.221 e. The van der Waals surface area contributed by atoms with Crippen LogP contribution in [0.15, 0.2) is 29.3 Å². The molecule has 1 atom stereocenters. The van der Waals surface area contributed by atoms with Gasteiger partial charge in [0.25, 0.3) is 0 Å². The summed E-state index contributed by atoms with van der Waals surface area (Å²) in [5.74, 6) is 0.982. The lowest BCUT2D eigenvalue weighted by Crippen LogP contribution is -2.08. The van der Waals surface area contributed by atoms with Crippen LogP contribution in [0.5, 0.6) is 0 Å². The topological polar surface area (TPSA) is 53.5 Å². The van der Waals surface area contributed by atoms with Crippen molar-refractivity contribution in [2.45, 2.75) is 26.3 Å². The molecule has 0 saturated heterocycles. The molecular weight excluding hydrogens is 246 g/mol. The summed E-state index contributed by atoms with van der Waals surface area (Å²) in [5.41, 5.74) is 1.74. The highest BCUT2D eigenvalue weighted by Gasteiger charge is 2.16. The van der Waals surface area contributed by atoms with Crippen molar-refractivity contribution in [2.24, 2.45) is 4.99 Å². The van der Waals surface area contributed by atoms with Crippen molar-refractivity contribution < 1.29 is 4.79 Å². The number of rotatable bonds is 3. The van der Waals surface area contributed by atoms with Gasteiger partial charge in [0.2, 0.25) is 5.91 Å². The van der Waals surface area contributed by atoms with Crippen molar-refractivity contribution in [3.8, 4) is 0 Å². The monoisotopic (exact) mass is 263 g/mol. The molecule has 2 N–H and O–H groups in total. The number of nitrogens with zero attached hydrogens (tertiary/aromatic N) is 1. The van der Waals surface area contributed by atoms with Gasteiger partial charge in [-0.05, 0) is 24.6 Å². The second-order valence-electron chi connectivity index (χ2n) is 4.19. The summed E-state index contributed by atoms with van der Waals surface area (Å²) in [7, 11) is 0. The van der Waals surface area contributed by atoms with Crippen molar-refractivity contribution >= 4 is 34.2 Å². The van der Waals surface area contributed by atoms with Crippen LogP contribution < -0.4 is 10.6 Å². The van der Waals surface area contributed by atoms with Gasteiger partial charge in [-0.25, -0.2) is 0 Å². The molecule has 0 saturated carbocycles. The molecule has 1 aliphatic heterocycles. The molecule has 2 rings (SSSR count). The normalized spacial score (nSPS) is 18.3. The Labute approximate surface area is 111 Å². The number of hydrogen-bond donors (Lipinski definition) is 2. The van der Waals surface area contributed by atoms with E-state index in [1.807, 2.05) is 24.3 Å². The highest BCUT2D eigenvalue weighted by molar-refractivity contribution is 8.14. The molecule has 1 unspecified atom stereocenters. The number of carbonyl (C=O) groups is 1. The first kappa shape index (κ1) is 13.0. The van der Waals surface area contributed by atoms with Crippen LogP contribution in [0.25, 0.3) is 0 Å². The summed E-state index contributed by atoms with van der Waals surface area (Å²) in [6.07, 6.45) is 1.07. The van der Waals surface area contributed by atoms with Crippen LogP contribution in [0.1, 0.15) is 20.3 Å². The minimum Gasteiger partial charge on any atom is -0.335 e. The van der Waals surface area contributed by atoms with Gasteiger partial charge in [0.1, 0.15) is 0 Å². The summed E-state index contributed by atoms with van der Waals surface area (Å²) >= 11 is 1.74. The molecule has 0 fully saturated rings. The first-order valence-corrected chi connectivity index (χ1v) is 7.01.